The Balaban J connectivity index is 1.42. The molecule has 25 heavy (non-hydrogen) atoms. The standard InChI is InChI=1S/C23H38N2/c1-4-25-18-17-20(22-11-7-8-12-23(22)25)10-6-5-9-19-13-15-21(16-14-19)24(2)3/h8,12,15,17,19,22-23H,4-7,9-11,13-14,16,18H2,1-3H3. The van der Waals surface area contributed by atoms with Crippen LogP contribution in [-0.2, 0) is 0 Å². The van der Waals surface area contributed by atoms with Crippen LogP contribution in [0.2, 0.25) is 0 Å². The van der Waals surface area contributed by atoms with Crippen molar-refractivity contribution < 1.29 is 0 Å². The molecule has 0 N–H and O–H groups in total. The quantitative estimate of drug-likeness (QED) is 0.452. The first-order valence-electron chi connectivity index (χ1n) is 10.6. The summed E-state index contributed by atoms with van der Waals surface area (Å²) in [6.45, 7) is 4.65. The summed E-state index contributed by atoms with van der Waals surface area (Å²) in [4.78, 5) is 4.93. The van der Waals surface area contributed by atoms with E-state index in [9.17, 15) is 0 Å². The first kappa shape index (κ1) is 18.8. The minimum Gasteiger partial charge on any atom is -0.381 e. The molecule has 0 spiro atoms. The van der Waals surface area contributed by atoms with Crippen LogP contribution < -0.4 is 0 Å². The third-order valence-corrected chi connectivity index (χ3v) is 6.68. The van der Waals surface area contributed by atoms with Crippen molar-refractivity contribution in [2.75, 3.05) is 27.2 Å². The number of hydrogen-bond acceptors (Lipinski definition) is 2. The van der Waals surface area contributed by atoms with Gasteiger partial charge in [-0.1, -0.05) is 49.6 Å². The van der Waals surface area contributed by atoms with Crippen LogP contribution in [0.15, 0.2) is 35.6 Å². The lowest BCUT2D eigenvalue weighted by Gasteiger charge is -2.41. The molecular weight excluding hydrogens is 304 g/mol. The maximum Gasteiger partial charge on any atom is 0.0346 e. The first-order valence-corrected chi connectivity index (χ1v) is 10.6. The maximum absolute atomic E-state index is 2.64. The minimum absolute atomic E-state index is 0.687. The third-order valence-electron chi connectivity index (χ3n) is 6.68. The van der Waals surface area contributed by atoms with E-state index in [0.717, 1.165) is 18.4 Å². The van der Waals surface area contributed by atoms with Gasteiger partial charge in [0.1, 0.15) is 0 Å². The smallest absolute Gasteiger partial charge is 0.0346 e. The molecule has 3 unspecified atom stereocenters. The number of nitrogens with zero attached hydrogens (tertiary/aromatic N) is 2. The summed E-state index contributed by atoms with van der Waals surface area (Å²) in [5.74, 6) is 1.74. The van der Waals surface area contributed by atoms with Crippen LogP contribution in [0, 0.1) is 11.8 Å². The van der Waals surface area contributed by atoms with Gasteiger partial charge in [-0.25, -0.2) is 0 Å². The summed E-state index contributed by atoms with van der Waals surface area (Å²) < 4.78 is 0. The summed E-state index contributed by atoms with van der Waals surface area (Å²) in [6, 6.07) is 0.687. The fourth-order valence-corrected chi connectivity index (χ4v) is 5.04. The highest BCUT2D eigenvalue weighted by atomic mass is 15.2. The van der Waals surface area contributed by atoms with Crippen molar-refractivity contribution in [1.29, 1.82) is 0 Å². The summed E-state index contributed by atoms with van der Waals surface area (Å²) in [6.07, 6.45) is 22.2. The zero-order valence-electron chi connectivity index (χ0n) is 16.7. The Morgan fingerprint density at radius 2 is 2.04 bits per heavy atom. The van der Waals surface area contributed by atoms with Gasteiger partial charge in [0, 0.05) is 32.4 Å². The molecule has 0 radical (unpaired) electrons. The Labute approximate surface area is 155 Å². The van der Waals surface area contributed by atoms with Crippen molar-refractivity contribution >= 4 is 0 Å². The SMILES string of the molecule is CCN1CC=C(CCCCC2CC=C(N(C)C)CC2)C2CCC=CC21. The van der Waals surface area contributed by atoms with E-state index in [4.69, 9.17) is 0 Å². The second-order valence-electron chi connectivity index (χ2n) is 8.45. The van der Waals surface area contributed by atoms with E-state index >= 15 is 0 Å². The van der Waals surface area contributed by atoms with E-state index in [1.54, 1.807) is 11.3 Å². The molecule has 0 aromatic carbocycles. The normalized spacial score (nSPS) is 29.8. The number of fused-ring (bicyclic) bond motifs is 1. The largest absolute Gasteiger partial charge is 0.381 e. The molecular formula is C23H38N2. The van der Waals surface area contributed by atoms with Crippen LogP contribution in [0.25, 0.3) is 0 Å². The van der Waals surface area contributed by atoms with E-state index in [2.05, 4.69) is 55.1 Å². The number of likely N-dealkylation sites (N-methyl/N-ethyl adjacent to an activating group) is 1. The lowest BCUT2D eigenvalue weighted by atomic mass is 9.78. The van der Waals surface area contributed by atoms with Crippen molar-refractivity contribution in [2.45, 2.75) is 70.8 Å². The van der Waals surface area contributed by atoms with Crippen molar-refractivity contribution in [3.05, 3.63) is 35.6 Å². The minimum atomic E-state index is 0.687. The van der Waals surface area contributed by atoms with Gasteiger partial charge in [0.15, 0.2) is 0 Å². The Morgan fingerprint density at radius 3 is 2.76 bits per heavy atom. The van der Waals surface area contributed by atoms with E-state index < -0.39 is 0 Å². The van der Waals surface area contributed by atoms with E-state index in [1.165, 1.54) is 64.3 Å². The second kappa shape index (κ2) is 9.07. The van der Waals surface area contributed by atoms with Crippen LogP contribution in [-0.4, -0.2) is 43.0 Å². The van der Waals surface area contributed by atoms with Gasteiger partial charge in [-0.2, -0.15) is 0 Å². The van der Waals surface area contributed by atoms with Crippen molar-refractivity contribution in [1.82, 2.24) is 9.80 Å². The van der Waals surface area contributed by atoms with Crippen LogP contribution in [0.1, 0.15) is 64.7 Å². The zero-order valence-corrected chi connectivity index (χ0v) is 16.7. The van der Waals surface area contributed by atoms with Crippen molar-refractivity contribution in [3.8, 4) is 0 Å². The van der Waals surface area contributed by atoms with Crippen molar-refractivity contribution in [2.24, 2.45) is 11.8 Å². The molecule has 0 amide bonds. The van der Waals surface area contributed by atoms with Gasteiger partial charge in [0.25, 0.3) is 0 Å². The number of unbranched alkanes of at least 4 members (excludes halogenated alkanes) is 1. The van der Waals surface area contributed by atoms with Gasteiger partial charge < -0.3 is 4.90 Å². The predicted molar refractivity (Wildman–Crippen MR) is 109 cm³/mol. The molecule has 0 aromatic heterocycles. The fourth-order valence-electron chi connectivity index (χ4n) is 5.04. The summed E-state index contributed by atoms with van der Waals surface area (Å²) in [5.41, 5.74) is 3.32. The summed E-state index contributed by atoms with van der Waals surface area (Å²) in [5, 5.41) is 0. The van der Waals surface area contributed by atoms with Gasteiger partial charge in [0.2, 0.25) is 0 Å². The Bertz CT molecular complexity index is 514. The highest BCUT2D eigenvalue weighted by molar-refractivity contribution is 5.21. The Morgan fingerprint density at radius 1 is 1.16 bits per heavy atom. The lowest BCUT2D eigenvalue weighted by Crippen LogP contribution is -2.44. The van der Waals surface area contributed by atoms with E-state index in [1.807, 2.05) is 0 Å². The molecule has 1 heterocycles. The lowest BCUT2D eigenvalue weighted by molar-refractivity contribution is 0.188. The van der Waals surface area contributed by atoms with Crippen LogP contribution in [0.5, 0.6) is 0 Å². The molecule has 3 rings (SSSR count). The van der Waals surface area contributed by atoms with Crippen LogP contribution in [0.3, 0.4) is 0 Å². The monoisotopic (exact) mass is 342 g/mol. The molecule has 0 aromatic rings. The first-order chi connectivity index (χ1) is 12.2. The summed E-state index contributed by atoms with van der Waals surface area (Å²) in [7, 11) is 4.36. The number of rotatable bonds is 7. The second-order valence-corrected chi connectivity index (χ2v) is 8.45. The molecule has 1 aliphatic heterocycles. The number of hydrogen-bond donors (Lipinski definition) is 0. The average molecular weight is 343 g/mol. The van der Waals surface area contributed by atoms with Crippen LogP contribution in [0.4, 0.5) is 0 Å². The molecule has 0 bridgehead atoms. The maximum atomic E-state index is 2.64. The molecule has 140 valence electrons. The molecule has 2 aliphatic carbocycles. The highest BCUT2D eigenvalue weighted by Crippen LogP contribution is 2.36. The van der Waals surface area contributed by atoms with Gasteiger partial charge in [0.05, 0.1) is 0 Å². The third kappa shape index (κ3) is 4.78. The summed E-state index contributed by atoms with van der Waals surface area (Å²) >= 11 is 0. The van der Waals surface area contributed by atoms with Gasteiger partial charge in [-0.15, -0.1) is 0 Å². The van der Waals surface area contributed by atoms with E-state index in [0.29, 0.717) is 6.04 Å². The molecule has 3 atom stereocenters. The molecule has 3 aliphatic rings. The van der Waals surface area contributed by atoms with Crippen molar-refractivity contribution in [3.63, 3.8) is 0 Å². The molecule has 0 saturated heterocycles. The van der Waals surface area contributed by atoms with Gasteiger partial charge in [-0.05, 0) is 63.3 Å². The molecule has 0 saturated carbocycles. The molecule has 2 nitrogen and oxygen atoms in total. The molecule has 0 fully saturated rings. The highest BCUT2D eigenvalue weighted by Gasteiger charge is 2.31. The fraction of sp³-hybridized carbons (Fsp3) is 0.739. The van der Waals surface area contributed by atoms with E-state index in [-0.39, 0.29) is 0 Å². The Kier molecular flexibility index (Phi) is 6.81. The molecule has 2 heteroatoms. The predicted octanol–water partition coefficient (Wildman–Crippen LogP) is 5.39. The zero-order chi connectivity index (χ0) is 17.6. The number of allylic oxidation sites excluding steroid dienone is 3. The Hall–Kier alpha value is -1.02. The average Bonchev–Trinajstić information content (AvgIpc) is 2.65. The van der Waals surface area contributed by atoms with Gasteiger partial charge in [-0.3, -0.25) is 4.90 Å². The van der Waals surface area contributed by atoms with Gasteiger partial charge >= 0.3 is 0 Å². The van der Waals surface area contributed by atoms with Crippen LogP contribution >= 0.6 is 0 Å². The topological polar surface area (TPSA) is 6.48 Å².